The van der Waals surface area contributed by atoms with Crippen LogP contribution >= 0.6 is 15.9 Å². The van der Waals surface area contributed by atoms with E-state index < -0.39 is 23.5 Å². The number of hydrogen-bond donors (Lipinski definition) is 1. The first kappa shape index (κ1) is 24.0. The van der Waals surface area contributed by atoms with E-state index in [9.17, 15) is 14.7 Å². The predicted octanol–water partition coefficient (Wildman–Crippen LogP) is 1.99. The summed E-state index contributed by atoms with van der Waals surface area (Å²) in [7, 11) is 4.08. The molecule has 7 heteroatoms. The monoisotopic (exact) mass is 500 g/mol. The van der Waals surface area contributed by atoms with E-state index in [2.05, 4.69) is 15.9 Å². The smallest absolute Gasteiger partial charge is 0.295 e. The number of carbonyl (C=O) groups is 2. The van der Waals surface area contributed by atoms with Crippen LogP contribution in [0.4, 0.5) is 0 Å². The van der Waals surface area contributed by atoms with E-state index >= 15 is 0 Å². The molecule has 2 aromatic carbocycles. The molecule has 1 fully saturated rings. The fourth-order valence-electron chi connectivity index (χ4n) is 3.84. The zero-order valence-corrected chi connectivity index (χ0v) is 20.4. The van der Waals surface area contributed by atoms with E-state index in [4.69, 9.17) is 4.74 Å². The Hall–Kier alpha value is -2.64. The Labute approximate surface area is 197 Å². The normalized spacial score (nSPS) is 18.1. The van der Waals surface area contributed by atoms with Crippen LogP contribution in [0, 0.1) is 0 Å². The summed E-state index contributed by atoms with van der Waals surface area (Å²) in [6.45, 7) is 5.11. The molecule has 6 nitrogen and oxygen atoms in total. The molecule has 1 unspecified atom stereocenters. The number of carbonyl (C=O) groups excluding carboxylic acids is 2. The summed E-state index contributed by atoms with van der Waals surface area (Å²) in [5.41, 5.74) is 1.10. The van der Waals surface area contributed by atoms with E-state index in [0.29, 0.717) is 17.9 Å². The molecule has 0 aromatic heterocycles. The Morgan fingerprint density at radius 3 is 2.44 bits per heavy atom. The third-order valence-electron chi connectivity index (χ3n) is 5.26. The lowest BCUT2D eigenvalue weighted by Crippen LogP contribution is -3.05. The molecule has 1 aliphatic rings. The molecule has 0 aliphatic carbocycles. The Balaban J connectivity index is 2.04. The summed E-state index contributed by atoms with van der Waals surface area (Å²) in [6.07, 6.45) is 0.743. The zero-order valence-electron chi connectivity index (χ0n) is 18.9. The fraction of sp³-hybridized carbons (Fsp3) is 0.360. The SMILES string of the molecule is CC(C)Oc1ccc(/C([O-])=C2\C(=O)C(=O)N(CCC[NH+](C)C)C2c2cccc(Br)c2)cc1. The molecule has 0 bridgehead atoms. The average molecular weight is 501 g/mol. The third kappa shape index (κ3) is 5.40. The summed E-state index contributed by atoms with van der Waals surface area (Å²) < 4.78 is 6.46. The van der Waals surface area contributed by atoms with Gasteiger partial charge in [0.2, 0.25) is 5.78 Å². The van der Waals surface area contributed by atoms with E-state index in [0.717, 1.165) is 23.0 Å². The highest BCUT2D eigenvalue weighted by molar-refractivity contribution is 9.10. The minimum atomic E-state index is -0.723. The third-order valence-corrected chi connectivity index (χ3v) is 5.75. The molecule has 0 spiro atoms. The van der Waals surface area contributed by atoms with Crippen LogP contribution in [0.1, 0.15) is 37.4 Å². The lowest BCUT2D eigenvalue weighted by Gasteiger charge is -2.28. The van der Waals surface area contributed by atoms with Crippen molar-refractivity contribution in [1.82, 2.24) is 4.90 Å². The first-order chi connectivity index (χ1) is 15.2. The minimum absolute atomic E-state index is 0.00262. The quantitative estimate of drug-likeness (QED) is 0.341. The zero-order chi connectivity index (χ0) is 23.4. The van der Waals surface area contributed by atoms with Gasteiger partial charge in [0.05, 0.1) is 32.8 Å². The highest BCUT2D eigenvalue weighted by Crippen LogP contribution is 2.39. The van der Waals surface area contributed by atoms with Crippen molar-refractivity contribution in [1.29, 1.82) is 0 Å². The number of halogens is 1. The molecular weight excluding hydrogens is 472 g/mol. The van der Waals surface area contributed by atoms with Gasteiger partial charge >= 0.3 is 0 Å². The van der Waals surface area contributed by atoms with Crippen molar-refractivity contribution in [2.45, 2.75) is 32.4 Å². The van der Waals surface area contributed by atoms with Gasteiger partial charge in [-0.1, -0.05) is 46.0 Å². The predicted molar refractivity (Wildman–Crippen MR) is 125 cm³/mol. The van der Waals surface area contributed by atoms with Crippen molar-refractivity contribution in [2.24, 2.45) is 0 Å². The number of benzene rings is 2. The Morgan fingerprint density at radius 1 is 1.16 bits per heavy atom. The number of amides is 1. The van der Waals surface area contributed by atoms with Crippen molar-refractivity contribution in [3.05, 3.63) is 69.7 Å². The Morgan fingerprint density at radius 2 is 1.84 bits per heavy atom. The number of nitrogens with one attached hydrogen (secondary N) is 1. The van der Waals surface area contributed by atoms with Crippen LogP contribution in [0.15, 0.2) is 58.6 Å². The molecule has 1 amide bonds. The van der Waals surface area contributed by atoms with Crippen molar-refractivity contribution < 1.29 is 24.3 Å². The standard InChI is InChI=1S/C25H29BrN2O4/c1-16(2)32-20-11-9-17(10-12-20)23(29)21-22(18-7-5-8-19(26)15-18)28(25(31)24(21)30)14-6-13-27(3)4/h5,7-12,15-16,22,29H,6,13-14H2,1-4H3/b23-21+. The van der Waals surface area contributed by atoms with Crippen molar-refractivity contribution in [2.75, 3.05) is 27.2 Å². The first-order valence-corrected chi connectivity index (χ1v) is 11.6. The maximum atomic E-state index is 13.4. The molecule has 0 radical (unpaired) electrons. The fourth-order valence-corrected chi connectivity index (χ4v) is 4.26. The van der Waals surface area contributed by atoms with Gasteiger partial charge in [-0.05, 0) is 49.2 Å². The molecule has 1 atom stereocenters. The summed E-state index contributed by atoms with van der Waals surface area (Å²) in [5.74, 6) is -1.12. The molecule has 1 heterocycles. The van der Waals surface area contributed by atoms with Gasteiger partial charge in [0.1, 0.15) is 5.75 Å². The molecule has 1 N–H and O–H groups in total. The molecule has 3 rings (SSSR count). The minimum Gasteiger partial charge on any atom is -0.872 e. The van der Waals surface area contributed by atoms with E-state index in [1.165, 1.54) is 9.80 Å². The lowest BCUT2D eigenvalue weighted by molar-refractivity contribution is -0.858. The molecule has 1 saturated heterocycles. The lowest BCUT2D eigenvalue weighted by atomic mass is 9.95. The molecule has 2 aromatic rings. The summed E-state index contributed by atoms with van der Waals surface area (Å²) >= 11 is 3.46. The van der Waals surface area contributed by atoms with E-state index in [-0.39, 0.29) is 11.7 Å². The van der Waals surface area contributed by atoms with Gasteiger partial charge < -0.3 is 19.6 Å². The number of likely N-dealkylation sites (tertiary alicyclic amines) is 1. The maximum absolute atomic E-state index is 13.4. The van der Waals surface area contributed by atoms with Gasteiger partial charge in [-0.25, -0.2) is 0 Å². The van der Waals surface area contributed by atoms with Gasteiger partial charge in [0, 0.05) is 23.0 Å². The van der Waals surface area contributed by atoms with Crippen LogP contribution in [0.3, 0.4) is 0 Å². The van der Waals surface area contributed by atoms with Crippen LogP contribution in [-0.2, 0) is 9.59 Å². The van der Waals surface area contributed by atoms with Crippen LogP contribution in [0.2, 0.25) is 0 Å². The van der Waals surface area contributed by atoms with Crippen molar-refractivity contribution in [3.63, 3.8) is 0 Å². The topological polar surface area (TPSA) is 74.1 Å². The van der Waals surface area contributed by atoms with Gasteiger partial charge in [-0.3, -0.25) is 9.59 Å². The number of rotatable bonds is 8. The largest absolute Gasteiger partial charge is 0.872 e. The highest BCUT2D eigenvalue weighted by atomic mass is 79.9. The van der Waals surface area contributed by atoms with E-state index in [1.807, 2.05) is 52.2 Å². The molecule has 32 heavy (non-hydrogen) atoms. The average Bonchev–Trinajstić information content (AvgIpc) is 2.98. The van der Waals surface area contributed by atoms with Crippen LogP contribution in [0.5, 0.6) is 5.75 Å². The molecule has 1 aliphatic heterocycles. The van der Waals surface area contributed by atoms with Crippen LogP contribution < -0.4 is 14.7 Å². The number of hydrogen-bond acceptors (Lipinski definition) is 4. The first-order valence-electron chi connectivity index (χ1n) is 10.8. The number of ether oxygens (including phenoxy) is 1. The Bertz CT molecular complexity index is 1010. The second-order valence-electron chi connectivity index (χ2n) is 8.53. The van der Waals surface area contributed by atoms with Gasteiger partial charge in [0.25, 0.3) is 5.91 Å². The number of Topliss-reactive ketones (excluding diaryl/α,β-unsaturated/α-hetero) is 1. The van der Waals surface area contributed by atoms with Crippen LogP contribution in [-0.4, -0.2) is 49.9 Å². The van der Waals surface area contributed by atoms with Crippen molar-refractivity contribution in [3.8, 4) is 5.75 Å². The second kappa shape index (κ2) is 10.3. The summed E-state index contributed by atoms with van der Waals surface area (Å²) in [4.78, 5) is 28.7. The number of nitrogens with zero attached hydrogens (tertiary/aromatic N) is 1. The molecule has 0 saturated carbocycles. The summed E-state index contributed by atoms with van der Waals surface area (Å²) in [6, 6.07) is 13.4. The van der Waals surface area contributed by atoms with Gasteiger partial charge in [-0.15, -0.1) is 0 Å². The van der Waals surface area contributed by atoms with Gasteiger partial charge in [0.15, 0.2) is 0 Å². The number of quaternary nitrogens is 1. The van der Waals surface area contributed by atoms with Gasteiger partial charge in [-0.2, -0.15) is 0 Å². The summed E-state index contributed by atoms with van der Waals surface area (Å²) in [5, 5.41) is 13.4. The second-order valence-corrected chi connectivity index (χ2v) is 9.45. The molecule has 170 valence electrons. The molecular formula is C25H29BrN2O4. The van der Waals surface area contributed by atoms with Crippen molar-refractivity contribution >= 4 is 33.4 Å². The number of ketones is 1. The Kier molecular flexibility index (Phi) is 7.74. The maximum Gasteiger partial charge on any atom is 0.295 e. The highest BCUT2D eigenvalue weighted by Gasteiger charge is 2.44. The van der Waals surface area contributed by atoms with E-state index in [1.54, 1.807) is 24.3 Å². The van der Waals surface area contributed by atoms with Crippen LogP contribution in [0.25, 0.3) is 5.76 Å².